The standard InChI is InChI=1S/C26H34N6O3/c1-17(2)27-23(33)16-32-25(18-7-6-8-20(15-18)35-5)28-21-9-10-22(29-24(21)26(32)34)31-13-11-19(12-14-31)30(3)4/h6-10,15,17,19H,11-14,16H2,1-5H3,(H,27,33). The number of ether oxygens (including phenoxy) is 1. The van der Waals surface area contributed by atoms with Gasteiger partial charge in [-0.15, -0.1) is 0 Å². The van der Waals surface area contributed by atoms with Crippen LogP contribution in [-0.2, 0) is 11.3 Å². The largest absolute Gasteiger partial charge is 0.497 e. The van der Waals surface area contributed by atoms with E-state index in [9.17, 15) is 9.59 Å². The number of rotatable bonds is 7. The minimum absolute atomic E-state index is 0.0401. The third kappa shape index (κ3) is 5.45. The number of anilines is 1. The average molecular weight is 479 g/mol. The number of nitrogens with zero attached hydrogens (tertiary/aromatic N) is 5. The third-order valence-electron chi connectivity index (χ3n) is 6.39. The molecule has 1 aliphatic heterocycles. The van der Waals surface area contributed by atoms with Crippen molar-refractivity contribution in [2.24, 2.45) is 0 Å². The number of amides is 1. The smallest absolute Gasteiger partial charge is 0.280 e. The lowest BCUT2D eigenvalue weighted by molar-refractivity contribution is -0.122. The molecule has 0 unspecified atom stereocenters. The number of aromatic nitrogens is 3. The zero-order valence-electron chi connectivity index (χ0n) is 21.1. The molecule has 1 N–H and O–H groups in total. The molecule has 35 heavy (non-hydrogen) atoms. The molecule has 0 aliphatic carbocycles. The second-order valence-electron chi connectivity index (χ2n) is 9.50. The molecule has 3 aromatic rings. The van der Waals surface area contributed by atoms with Crippen LogP contribution >= 0.6 is 0 Å². The van der Waals surface area contributed by atoms with Gasteiger partial charge in [0.1, 0.15) is 23.9 Å². The monoisotopic (exact) mass is 478 g/mol. The van der Waals surface area contributed by atoms with Crippen LogP contribution in [0, 0.1) is 0 Å². The van der Waals surface area contributed by atoms with E-state index in [1.807, 2.05) is 44.2 Å². The van der Waals surface area contributed by atoms with E-state index in [1.165, 1.54) is 4.57 Å². The lowest BCUT2D eigenvalue weighted by Gasteiger charge is -2.35. The highest BCUT2D eigenvalue weighted by Gasteiger charge is 2.23. The Morgan fingerprint density at radius 3 is 2.57 bits per heavy atom. The van der Waals surface area contributed by atoms with Crippen LogP contribution in [-0.4, -0.2) is 71.7 Å². The topological polar surface area (TPSA) is 92.6 Å². The zero-order chi connectivity index (χ0) is 25.1. The first-order valence-electron chi connectivity index (χ1n) is 12.0. The number of carbonyl (C=O) groups is 1. The van der Waals surface area contributed by atoms with Gasteiger partial charge in [-0.05, 0) is 65.0 Å². The highest BCUT2D eigenvalue weighted by atomic mass is 16.5. The summed E-state index contributed by atoms with van der Waals surface area (Å²) in [5.41, 5.74) is 1.12. The highest BCUT2D eigenvalue weighted by molar-refractivity contribution is 5.80. The van der Waals surface area contributed by atoms with E-state index in [4.69, 9.17) is 14.7 Å². The number of hydrogen-bond donors (Lipinski definition) is 1. The fraction of sp³-hybridized carbons (Fsp3) is 0.462. The number of carbonyl (C=O) groups excluding carboxylic acids is 1. The number of methoxy groups -OCH3 is 1. The van der Waals surface area contributed by atoms with Crippen LogP contribution in [0.5, 0.6) is 5.75 Å². The van der Waals surface area contributed by atoms with E-state index >= 15 is 0 Å². The van der Waals surface area contributed by atoms with E-state index < -0.39 is 0 Å². The molecule has 4 rings (SSSR count). The van der Waals surface area contributed by atoms with Crippen LogP contribution in [0.3, 0.4) is 0 Å². The maximum atomic E-state index is 13.7. The van der Waals surface area contributed by atoms with Gasteiger partial charge in [-0.1, -0.05) is 12.1 Å². The van der Waals surface area contributed by atoms with Gasteiger partial charge in [0.05, 0.1) is 12.6 Å². The van der Waals surface area contributed by atoms with Crippen molar-refractivity contribution in [1.29, 1.82) is 0 Å². The van der Waals surface area contributed by atoms with Crippen LogP contribution in [0.2, 0.25) is 0 Å². The van der Waals surface area contributed by atoms with Crippen LogP contribution in [0.1, 0.15) is 26.7 Å². The van der Waals surface area contributed by atoms with Gasteiger partial charge < -0.3 is 19.9 Å². The number of hydrogen-bond acceptors (Lipinski definition) is 7. The molecule has 2 aromatic heterocycles. The predicted octanol–water partition coefficient (Wildman–Crippen LogP) is 2.52. The second kappa shape index (κ2) is 10.4. The van der Waals surface area contributed by atoms with Crippen molar-refractivity contribution in [3.8, 4) is 17.1 Å². The Labute approximate surface area is 205 Å². The van der Waals surface area contributed by atoms with Crippen LogP contribution < -0.4 is 20.5 Å². The van der Waals surface area contributed by atoms with Gasteiger partial charge in [0.15, 0.2) is 5.52 Å². The van der Waals surface area contributed by atoms with Crippen molar-refractivity contribution in [1.82, 2.24) is 24.8 Å². The van der Waals surface area contributed by atoms with Crippen molar-refractivity contribution in [2.75, 3.05) is 39.2 Å². The van der Waals surface area contributed by atoms with Gasteiger partial charge in [-0.3, -0.25) is 14.2 Å². The highest BCUT2D eigenvalue weighted by Crippen LogP contribution is 2.25. The minimum Gasteiger partial charge on any atom is -0.497 e. The summed E-state index contributed by atoms with van der Waals surface area (Å²) in [4.78, 5) is 40.3. The molecule has 1 saturated heterocycles. The molecule has 0 saturated carbocycles. The number of benzene rings is 1. The number of piperidine rings is 1. The van der Waals surface area contributed by atoms with Crippen molar-refractivity contribution >= 4 is 22.8 Å². The summed E-state index contributed by atoms with van der Waals surface area (Å²) in [6, 6.07) is 11.6. The lowest BCUT2D eigenvalue weighted by atomic mass is 10.0. The molecular formula is C26H34N6O3. The Hall–Kier alpha value is -3.46. The molecule has 1 aliphatic rings. The maximum absolute atomic E-state index is 13.7. The summed E-state index contributed by atoms with van der Waals surface area (Å²) >= 11 is 0. The Bertz CT molecular complexity index is 1260. The summed E-state index contributed by atoms with van der Waals surface area (Å²) in [6.45, 7) is 5.38. The summed E-state index contributed by atoms with van der Waals surface area (Å²) in [5.74, 6) is 1.56. The lowest BCUT2D eigenvalue weighted by Crippen LogP contribution is -2.42. The molecule has 0 bridgehead atoms. The Morgan fingerprint density at radius 1 is 1.17 bits per heavy atom. The summed E-state index contributed by atoms with van der Waals surface area (Å²) in [5, 5.41) is 2.86. The fourth-order valence-corrected chi connectivity index (χ4v) is 4.52. The quantitative estimate of drug-likeness (QED) is 0.558. The number of nitrogens with one attached hydrogen (secondary N) is 1. The molecule has 0 atom stereocenters. The predicted molar refractivity (Wildman–Crippen MR) is 138 cm³/mol. The molecule has 9 heteroatoms. The van der Waals surface area contributed by atoms with Gasteiger partial charge in [0.25, 0.3) is 5.56 Å². The zero-order valence-corrected chi connectivity index (χ0v) is 21.1. The molecule has 0 spiro atoms. The summed E-state index contributed by atoms with van der Waals surface area (Å²) in [7, 11) is 5.80. The average Bonchev–Trinajstić information content (AvgIpc) is 2.85. The van der Waals surface area contributed by atoms with E-state index in [0.717, 1.165) is 31.7 Å². The van der Waals surface area contributed by atoms with Gasteiger partial charge in [-0.2, -0.15) is 0 Å². The van der Waals surface area contributed by atoms with E-state index in [2.05, 4.69) is 29.2 Å². The number of fused-ring (bicyclic) bond motifs is 1. The Morgan fingerprint density at radius 2 is 1.91 bits per heavy atom. The molecule has 1 aromatic carbocycles. The normalized spacial score (nSPS) is 14.7. The van der Waals surface area contributed by atoms with Crippen molar-refractivity contribution in [2.45, 2.75) is 45.3 Å². The second-order valence-corrected chi connectivity index (χ2v) is 9.50. The number of pyridine rings is 1. The molecule has 186 valence electrons. The molecule has 1 fully saturated rings. The first-order chi connectivity index (χ1) is 16.8. The van der Waals surface area contributed by atoms with Crippen LogP contribution in [0.25, 0.3) is 22.4 Å². The maximum Gasteiger partial charge on any atom is 0.280 e. The van der Waals surface area contributed by atoms with Crippen LogP contribution in [0.4, 0.5) is 5.82 Å². The van der Waals surface area contributed by atoms with Gasteiger partial charge in [0, 0.05) is 30.7 Å². The first kappa shape index (κ1) is 24.7. The molecule has 1 amide bonds. The van der Waals surface area contributed by atoms with Gasteiger partial charge >= 0.3 is 0 Å². The SMILES string of the molecule is COc1cccc(-c2nc3ccc(N4CCC(N(C)C)CC4)nc3c(=O)n2CC(=O)NC(C)C)c1. The Kier molecular flexibility index (Phi) is 7.35. The van der Waals surface area contributed by atoms with Crippen molar-refractivity contribution < 1.29 is 9.53 Å². The van der Waals surface area contributed by atoms with Crippen molar-refractivity contribution in [3.63, 3.8) is 0 Å². The molecule has 3 heterocycles. The fourth-order valence-electron chi connectivity index (χ4n) is 4.52. The van der Waals surface area contributed by atoms with E-state index in [-0.39, 0.29) is 29.6 Å². The summed E-state index contributed by atoms with van der Waals surface area (Å²) in [6.07, 6.45) is 2.08. The van der Waals surface area contributed by atoms with Gasteiger partial charge in [0.2, 0.25) is 5.91 Å². The molecule has 0 radical (unpaired) electrons. The molecular weight excluding hydrogens is 444 g/mol. The van der Waals surface area contributed by atoms with E-state index in [0.29, 0.717) is 28.7 Å². The third-order valence-corrected chi connectivity index (χ3v) is 6.39. The Balaban J connectivity index is 1.77. The minimum atomic E-state index is -0.336. The van der Waals surface area contributed by atoms with Gasteiger partial charge in [-0.25, -0.2) is 9.97 Å². The van der Waals surface area contributed by atoms with E-state index in [1.54, 1.807) is 13.2 Å². The van der Waals surface area contributed by atoms with Crippen molar-refractivity contribution in [3.05, 3.63) is 46.8 Å². The molecule has 9 nitrogen and oxygen atoms in total. The van der Waals surface area contributed by atoms with Crippen LogP contribution in [0.15, 0.2) is 41.2 Å². The summed E-state index contributed by atoms with van der Waals surface area (Å²) < 4.78 is 6.76. The first-order valence-corrected chi connectivity index (χ1v) is 12.0.